The van der Waals surface area contributed by atoms with E-state index in [0.29, 0.717) is 0 Å². The molecule has 1 amide bonds. The summed E-state index contributed by atoms with van der Waals surface area (Å²) < 4.78 is 11.7. The van der Waals surface area contributed by atoms with Gasteiger partial charge in [-0.25, -0.2) is 0 Å². The van der Waals surface area contributed by atoms with Crippen molar-refractivity contribution in [3.8, 4) is 11.5 Å². The van der Waals surface area contributed by atoms with Crippen LogP contribution in [0.4, 0.5) is 0 Å². The molecule has 3 N–H and O–H groups in total. The number of rotatable bonds is 2. The number of ether oxygens (including phenoxy) is 2. The highest BCUT2D eigenvalue weighted by Crippen LogP contribution is 2.41. The van der Waals surface area contributed by atoms with E-state index in [1.807, 2.05) is 26.8 Å². The first-order chi connectivity index (χ1) is 10.7. The van der Waals surface area contributed by atoms with Crippen LogP contribution in [-0.4, -0.2) is 24.7 Å². The highest BCUT2D eigenvalue weighted by Gasteiger charge is 2.40. The van der Waals surface area contributed by atoms with Gasteiger partial charge in [-0.2, -0.15) is 4.99 Å². The van der Waals surface area contributed by atoms with E-state index in [-0.39, 0.29) is 17.8 Å². The molecule has 0 aliphatic carbocycles. The lowest BCUT2D eigenvalue weighted by Crippen LogP contribution is -2.59. The molecule has 0 aromatic heterocycles. The molecule has 1 aliphatic rings. The van der Waals surface area contributed by atoms with Gasteiger partial charge in [-0.1, -0.05) is 6.92 Å². The molecule has 23 heavy (non-hydrogen) atoms. The summed E-state index contributed by atoms with van der Waals surface area (Å²) in [6.45, 7) is 9.37. The minimum atomic E-state index is -0.734. The lowest BCUT2D eigenvalue weighted by molar-refractivity contribution is -0.115. The van der Waals surface area contributed by atoms with Crippen LogP contribution in [-0.2, 0) is 11.2 Å². The van der Waals surface area contributed by atoms with Crippen molar-refractivity contribution < 1.29 is 14.3 Å². The predicted octanol–water partition coefficient (Wildman–Crippen LogP) is 2.05. The van der Waals surface area contributed by atoms with Crippen molar-refractivity contribution >= 4 is 11.9 Å². The molecular weight excluding hydrogens is 294 g/mol. The summed E-state index contributed by atoms with van der Waals surface area (Å²) >= 11 is 0. The molecule has 0 fully saturated rings. The molecule has 1 heterocycles. The normalized spacial score (nSPS) is 23.7. The minimum absolute atomic E-state index is 0.0678. The number of nitrogens with one attached hydrogen (secondary N) is 1. The number of hydrogen-bond acceptors (Lipinski definition) is 3. The molecule has 0 saturated heterocycles. The van der Waals surface area contributed by atoms with Crippen LogP contribution >= 0.6 is 0 Å². The number of guanidine groups is 1. The maximum atomic E-state index is 11.1. The standard InChI is InChI=1S/C17H25N3O3/c1-9-7-13-8-14(22-6)10(2)11(3)15(13)23-17(9,5)20-16(18)19-12(4)21/h8-9H,7H2,1-6H3,(H3,18,19,20,21). The van der Waals surface area contributed by atoms with Gasteiger partial charge in [0.25, 0.3) is 0 Å². The molecule has 2 rings (SSSR count). The van der Waals surface area contributed by atoms with Gasteiger partial charge in [-0.05, 0) is 49.9 Å². The van der Waals surface area contributed by atoms with Gasteiger partial charge in [0.1, 0.15) is 11.5 Å². The van der Waals surface area contributed by atoms with Gasteiger partial charge in [0.15, 0.2) is 11.7 Å². The van der Waals surface area contributed by atoms with E-state index in [0.717, 1.165) is 34.6 Å². The first kappa shape index (κ1) is 17.1. The van der Waals surface area contributed by atoms with Gasteiger partial charge in [-0.15, -0.1) is 0 Å². The molecule has 0 spiro atoms. The molecule has 1 aliphatic heterocycles. The molecular formula is C17H25N3O3. The van der Waals surface area contributed by atoms with E-state index in [1.165, 1.54) is 6.92 Å². The Morgan fingerprint density at radius 1 is 1.48 bits per heavy atom. The summed E-state index contributed by atoms with van der Waals surface area (Å²) in [4.78, 5) is 14.8. The van der Waals surface area contributed by atoms with E-state index >= 15 is 0 Å². The van der Waals surface area contributed by atoms with E-state index in [4.69, 9.17) is 15.2 Å². The largest absolute Gasteiger partial charge is 0.496 e. The van der Waals surface area contributed by atoms with Crippen molar-refractivity contribution in [2.75, 3.05) is 7.11 Å². The average molecular weight is 319 g/mol. The molecule has 2 atom stereocenters. The third-order valence-corrected chi connectivity index (χ3v) is 4.52. The van der Waals surface area contributed by atoms with Crippen molar-refractivity contribution in [3.63, 3.8) is 0 Å². The van der Waals surface area contributed by atoms with E-state index in [1.54, 1.807) is 7.11 Å². The summed E-state index contributed by atoms with van der Waals surface area (Å²) in [6.07, 6.45) is 0.809. The molecule has 6 heteroatoms. The Labute approximate surface area is 137 Å². The topological polar surface area (TPSA) is 85.9 Å². The van der Waals surface area contributed by atoms with Crippen LogP contribution in [0.1, 0.15) is 37.5 Å². The first-order valence-corrected chi connectivity index (χ1v) is 7.67. The zero-order chi connectivity index (χ0) is 17.4. The van der Waals surface area contributed by atoms with Crippen LogP contribution < -0.4 is 20.5 Å². The smallest absolute Gasteiger partial charge is 0.245 e. The summed E-state index contributed by atoms with van der Waals surface area (Å²) in [5.74, 6) is 1.55. The summed E-state index contributed by atoms with van der Waals surface area (Å²) in [6, 6.07) is 2.03. The zero-order valence-corrected chi connectivity index (χ0v) is 14.6. The number of nitrogens with two attached hydrogens (primary N) is 1. The van der Waals surface area contributed by atoms with Gasteiger partial charge in [0.05, 0.1) is 7.11 Å². The number of carbonyl (C=O) groups is 1. The highest BCUT2D eigenvalue weighted by molar-refractivity contribution is 5.91. The van der Waals surface area contributed by atoms with Gasteiger partial charge < -0.3 is 20.5 Å². The number of benzene rings is 1. The van der Waals surface area contributed by atoms with Gasteiger partial charge in [0.2, 0.25) is 5.91 Å². The summed E-state index contributed by atoms with van der Waals surface area (Å²) in [7, 11) is 1.67. The molecule has 126 valence electrons. The maximum absolute atomic E-state index is 11.1. The van der Waals surface area contributed by atoms with Crippen LogP contribution in [0, 0.1) is 19.8 Å². The van der Waals surface area contributed by atoms with Crippen LogP contribution in [0.25, 0.3) is 0 Å². The first-order valence-electron chi connectivity index (χ1n) is 7.67. The monoisotopic (exact) mass is 319 g/mol. The molecule has 0 radical (unpaired) electrons. The Bertz CT molecular complexity index is 670. The second-order valence-electron chi connectivity index (χ2n) is 6.27. The lowest BCUT2D eigenvalue weighted by Gasteiger charge is -2.42. The Hall–Kier alpha value is -2.24. The SMILES string of the molecule is COc1cc2c(c(C)c1C)OC(C)(NC(N)=NC(C)=O)C(C)C2. The Kier molecular flexibility index (Phi) is 4.54. The van der Waals surface area contributed by atoms with Crippen molar-refractivity contribution in [3.05, 3.63) is 22.8 Å². The van der Waals surface area contributed by atoms with Crippen molar-refractivity contribution in [1.82, 2.24) is 5.32 Å². The highest BCUT2D eigenvalue weighted by atomic mass is 16.5. The third kappa shape index (κ3) is 3.25. The second-order valence-corrected chi connectivity index (χ2v) is 6.27. The number of nitrogens with zero attached hydrogens (tertiary/aromatic N) is 1. The number of amides is 1. The minimum Gasteiger partial charge on any atom is -0.496 e. The average Bonchev–Trinajstić information content (AvgIpc) is 2.44. The lowest BCUT2D eigenvalue weighted by atomic mass is 9.86. The molecule has 2 unspecified atom stereocenters. The Morgan fingerprint density at radius 3 is 2.70 bits per heavy atom. The van der Waals surface area contributed by atoms with Gasteiger partial charge in [0, 0.05) is 12.8 Å². The zero-order valence-electron chi connectivity index (χ0n) is 14.6. The number of fused-ring (bicyclic) bond motifs is 1. The Morgan fingerprint density at radius 2 is 2.13 bits per heavy atom. The third-order valence-electron chi connectivity index (χ3n) is 4.52. The quantitative estimate of drug-likeness (QED) is 0.643. The number of methoxy groups -OCH3 is 1. The van der Waals surface area contributed by atoms with E-state index in [2.05, 4.69) is 17.2 Å². The molecule has 0 saturated carbocycles. The van der Waals surface area contributed by atoms with Crippen LogP contribution in [0.3, 0.4) is 0 Å². The summed E-state index contributed by atoms with van der Waals surface area (Å²) in [5.41, 5.74) is 8.27. The van der Waals surface area contributed by atoms with Crippen molar-refractivity contribution in [2.45, 2.75) is 46.8 Å². The van der Waals surface area contributed by atoms with Gasteiger partial charge >= 0.3 is 0 Å². The number of hydrogen-bond donors (Lipinski definition) is 2. The maximum Gasteiger partial charge on any atom is 0.245 e. The fraction of sp³-hybridized carbons (Fsp3) is 0.529. The summed E-state index contributed by atoms with van der Waals surface area (Å²) in [5, 5.41) is 3.05. The molecule has 1 aromatic carbocycles. The van der Waals surface area contributed by atoms with Crippen molar-refractivity contribution in [2.24, 2.45) is 16.6 Å². The second kappa shape index (κ2) is 6.10. The van der Waals surface area contributed by atoms with Gasteiger partial charge in [-0.3, -0.25) is 4.79 Å². The number of aliphatic imine (C=N–C) groups is 1. The molecule has 1 aromatic rings. The predicted molar refractivity (Wildman–Crippen MR) is 89.8 cm³/mol. The number of carbonyl (C=O) groups excluding carboxylic acids is 1. The molecule has 6 nitrogen and oxygen atoms in total. The Balaban J connectivity index is 2.40. The van der Waals surface area contributed by atoms with Crippen LogP contribution in [0.5, 0.6) is 11.5 Å². The molecule has 0 bridgehead atoms. The van der Waals surface area contributed by atoms with Crippen molar-refractivity contribution in [1.29, 1.82) is 0 Å². The van der Waals surface area contributed by atoms with E-state index in [9.17, 15) is 4.79 Å². The van der Waals surface area contributed by atoms with Crippen LogP contribution in [0.15, 0.2) is 11.1 Å². The van der Waals surface area contributed by atoms with Crippen LogP contribution in [0.2, 0.25) is 0 Å². The fourth-order valence-electron chi connectivity index (χ4n) is 2.87. The fourth-order valence-corrected chi connectivity index (χ4v) is 2.87. The van der Waals surface area contributed by atoms with E-state index < -0.39 is 5.72 Å².